The molecule has 0 atom stereocenters. The molecule has 1 aliphatic rings. The molecule has 2 aromatic rings. The maximum atomic E-state index is 3.32. The molecule has 158 valence electrons. The van der Waals surface area contributed by atoms with Gasteiger partial charge in [-0.05, 0) is 79.3 Å². The molecule has 0 heterocycles. The first-order chi connectivity index (χ1) is 14.8. The number of rotatable bonds is 8. The van der Waals surface area contributed by atoms with Gasteiger partial charge in [0, 0.05) is 11.1 Å². The van der Waals surface area contributed by atoms with Crippen LogP contribution in [0.2, 0.25) is 0 Å². The molecule has 0 radical (unpaired) electrons. The highest BCUT2D eigenvalue weighted by molar-refractivity contribution is 5.44. The van der Waals surface area contributed by atoms with Gasteiger partial charge >= 0.3 is 0 Å². The van der Waals surface area contributed by atoms with Gasteiger partial charge in [0.2, 0.25) is 0 Å². The fraction of sp³-hybridized carbons (Fsp3) is 0.467. The normalized spacial score (nSPS) is 18.9. The van der Waals surface area contributed by atoms with Gasteiger partial charge in [0.15, 0.2) is 0 Å². The van der Waals surface area contributed by atoms with Crippen molar-refractivity contribution in [2.24, 2.45) is 11.8 Å². The van der Waals surface area contributed by atoms with Crippen LogP contribution in [0.15, 0.2) is 60.7 Å². The summed E-state index contributed by atoms with van der Waals surface area (Å²) in [5.41, 5.74) is 5.04. The van der Waals surface area contributed by atoms with E-state index in [1.54, 1.807) is 0 Å². The Morgan fingerprint density at radius 1 is 0.700 bits per heavy atom. The van der Waals surface area contributed by atoms with E-state index < -0.39 is 0 Å². The van der Waals surface area contributed by atoms with E-state index in [0.29, 0.717) is 0 Å². The molecule has 0 unspecified atom stereocenters. The quantitative estimate of drug-likeness (QED) is 0.311. The van der Waals surface area contributed by atoms with Crippen LogP contribution in [-0.2, 0) is 12.8 Å². The van der Waals surface area contributed by atoms with E-state index in [1.807, 2.05) is 0 Å². The Labute approximate surface area is 184 Å². The number of hydrogen-bond acceptors (Lipinski definition) is 0. The molecule has 0 saturated heterocycles. The predicted molar refractivity (Wildman–Crippen MR) is 131 cm³/mol. The smallest absolute Gasteiger partial charge is 0.0249 e. The van der Waals surface area contributed by atoms with Crippen molar-refractivity contribution in [3.05, 3.63) is 82.9 Å². The topological polar surface area (TPSA) is 0 Å². The van der Waals surface area contributed by atoms with Crippen LogP contribution in [-0.4, -0.2) is 0 Å². The van der Waals surface area contributed by atoms with Gasteiger partial charge in [0.25, 0.3) is 0 Å². The lowest BCUT2D eigenvalue weighted by atomic mass is 9.78. The molecule has 0 aliphatic heterocycles. The maximum Gasteiger partial charge on any atom is 0.0249 e. The Morgan fingerprint density at radius 2 is 1.23 bits per heavy atom. The molecule has 30 heavy (non-hydrogen) atoms. The van der Waals surface area contributed by atoms with Crippen molar-refractivity contribution in [3.63, 3.8) is 0 Å². The number of benzene rings is 2. The molecular formula is C30H38. The standard InChI is InChI=1S/C30H38/c1-3-5-6-7-8-26-13-15-28(16-14-26)19-20-30-23-21-29(22-24-30)18-17-27-11-9-25(4-2)10-12-27/h5-6,13-16,21-25,27H,3-4,7-12,17-18H2,1-2H3/b6-5+. The van der Waals surface area contributed by atoms with E-state index in [1.165, 1.54) is 56.1 Å². The zero-order valence-electron chi connectivity index (χ0n) is 19.0. The molecule has 0 nitrogen and oxygen atoms in total. The lowest BCUT2D eigenvalue weighted by Gasteiger charge is -2.27. The minimum atomic E-state index is 0.943. The average Bonchev–Trinajstić information content (AvgIpc) is 2.81. The highest BCUT2D eigenvalue weighted by Gasteiger charge is 2.19. The third-order valence-corrected chi connectivity index (χ3v) is 6.65. The second-order valence-corrected chi connectivity index (χ2v) is 8.90. The van der Waals surface area contributed by atoms with Gasteiger partial charge in [0.05, 0.1) is 0 Å². The SMILES string of the molecule is CC/C=C/CCc1ccc(C#Cc2ccc(CCC3CCC(CC)CC3)cc2)cc1. The summed E-state index contributed by atoms with van der Waals surface area (Å²) in [6.45, 7) is 4.52. The minimum absolute atomic E-state index is 0.943. The molecule has 0 amide bonds. The highest BCUT2D eigenvalue weighted by Crippen LogP contribution is 2.33. The number of hydrogen-bond donors (Lipinski definition) is 0. The Bertz CT molecular complexity index is 818. The monoisotopic (exact) mass is 398 g/mol. The van der Waals surface area contributed by atoms with Crippen LogP contribution in [0.3, 0.4) is 0 Å². The predicted octanol–water partition coefficient (Wildman–Crippen LogP) is 8.13. The van der Waals surface area contributed by atoms with Gasteiger partial charge in [-0.1, -0.05) is 94.2 Å². The van der Waals surface area contributed by atoms with Gasteiger partial charge in [-0.3, -0.25) is 0 Å². The number of aryl methyl sites for hydroxylation is 2. The summed E-state index contributed by atoms with van der Waals surface area (Å²) >= 11 is 0. The second kappa shape index (κ2) is 12.4. The van der Waals surface area contributed by atoms with Crippen LogP contribution in [0.1, 0.15) is 87.5 Å². The van der Waals surface area contributed by atoms with Crippen LogP contribution in [0.5, 0.6) is 0 Å². The average molecular weight is 399 g/mol. The van der Waals surface area contributed by atoms with Crippen molar-refractivity contribution in [2.45, 2.75) is 78.1 Å². The summed E-state index contributed by atoms with van der Waals surface area (Å²) in [4.78, 5) is 0. The van der Waals surface area contributed by atoms with Crippen molar-refractivity contribution < 1.29 is 0 Å². The Hall–Kier alpha value is -2.26. The Morgan fingerprint density at radius 3 is 1.77 bits per heavy atom. The summed E-state index contributed by atoms with van der Waals surface area (Å²) in [6.07, 6.45) is 17.6. The van der Waals surface area contributed by atoms with Crippen molar-refractivity contribution >= 4 is 0 Å². The van der Waals surface area contributed by atoms with Gasteiger partial charge in [-0.25, -0.2) is 0 Å². The zero-order valence-corrected chi connectivity index (χ0v) is 19.0. The highest BCUT2D eigenvalue weighted by atomic mass is 14.2. The molecule has 0 N–H and O–H groups in total. The van der Waals surface area contributed by atoms with Crippen molar-refractivity contribution in [1.82, 2.24) is 0 Å². The largest absolute Gasteiger partial charge is 0.0888 e. The Kier molecular flexibility index (Phi) is 9.30. The van der Waals surface area contributed by atoms with E-state index in [4.69, 9.17) is 0 Å². The Balaban J connectivity index is 1.45. The van der Waals surface area contributed by atoms with E-state index in [9.17, 15) is 0 Å². The van der Waals surface area contributed by atoms with E-state index in [-0.39, 0.29) is 0 Å². The fourth-order valence-electron chi connectivity index (χ4n) is 4.49. The van der Waals surface area contributed by atoms with E-state index >= 15 is 0 Å². The lowest BCUT2D eigenvalue weighted by molar-refractivity contribution is 0.259. The third kappa shape index (κ3) is 7.53. The first kappa shape index (κ1) is 22.4. The summed E-state index contributed by atoms with van der Waals surface area (Å²) in [7, 11) is 0. The van der Waals surface area contributed by atoms with Crippen LogP contribution in [0.25, 0.3) is 0 Å². The molecule has 1 saturated carbocycles. The second-order valence-electron chi connectivity index (χ2n) is 8.90. The molecular weight excluding hydrogens is 360 g/mol. The molecule has 1 fully saturated rings. The summed E-state index contributed by atoms with van der Waals surface area (Å²) in [5.74, 6) is 8.58. The van der Waals surface area contributed by atoms with Crippen molar-refractivity contribution in [2.75, 3.05) is 0 Å². The molecule has 0 spiro atoms. The van der Waals surface area contributed by atoms with Crippen LogP contribution >= 0.6 is 0 Å². The van der Waals surface area contributed by atoms with E-state index in [0.717, 1.165) is 42.2 Å². The molecule has 0 heteroatoms. The van der Waals surface area contributed by atoms with Crippen LogP contribution in [0.4, 0.5) is 0 Å². The van der Waals surface area contributed by atoms with Crippen molar-refractivity contribution in [3.8, 4) is 11.8 Å². The minimum Gasteiger partial charge on any atom is -0.0888 e. The van der Waals surface area contributed by atoms with Crippen LogP contribution in [0, 0.1) is 23.7 Å². The zero-order chi connectivity index (χ0) is 21.0. The van der Waals surface area contributed by atoms with Gasteiger partial charge in [-0.2, -0.15) is 0 Å². The first-order valence-electron chi connectivity index (χ1n) is 12.1. The number of allylic oxidation sites excluding steroid dienone is 2. The molecule has 3 rings (SSSR count). The summed E-state index contributed by atoms with van der Waals surface area (Å²) < 4.78 is 0. The van der Waals surface area contributed by atoms with E-state index in [2.05, 4.69) is 86.4 Å². The lowest BCUT2D eigenvalue weighted by Crippen LogP contribution is -2.14. The van der Waals surface area contributed by atoms with Crippen molar-refractivity contribution in [1.29, 1.82) is 0 Å². The van der Waals surface area contributed by atoms with Crippen LogP contribution < -0.4 is 0 Å². The molecule has 2 aromatic carbocycles. The summed E-state index contributed by atoms with van der Waals surface area (Å²) in [5, 5.41) is 0. The molecule has 1 aliphatic carbocycles. The molecule has 0 aromatic heterocycles. The fourth-order valence-corrected chi connectivity index (χ4v) is 4.49. The van der Waals surface area contributed by atoms with Gasteiger partial charge in [-0.15, -0.1) is 0 Å². The maximum absolute atomic E-state index is 3.32. The van der Waals surface area contributed by atoms with Gasteiger partial charge in [0.1, 0.15) is 0 Å². The summed E-state index contributed by atoms with van der Waals surface area (Å²) in [6, 6.07) is 17.6. The first-order valence-corrected chi connectivity index (χ1v) is 12.1. The third-order valence-electron chi connectivity index (χ3n) is 6.65. The van der Waals surface area contributed by atoms with Gasteiger partial charge < -0.3 is 0 Å². The molecule has 0 bridgehead atoms.